The Morgan fingerprint density at radius 3 is 2.79 bits per heavy atom. The monoisotopic (exact) mass is 384 g/mol. The maximum Gasteiger partial charge on any atom is 0.337 e. The highest BCUT2D eigenvalue weighted by molar-refractivity contribution is 5.92. The van der Waals surface area contributed by atoms with Crippen molar-refractivity contribution in [2.45, 2.75) is 19.3 Å². The van der Waals surface area contributed by atoms with Crippen LogP contribution in [-0.4, -0.2) is 29.6 Å². The van der Waals surface area contributed by atoms with Crippen LogP contribution in [0, 0.1) is 11.3 Å². The van der Waals surface area contributed by atoms with E-state index >= 15 is 0 Å². The second-order valence-corrected chi connectivity index (χ2v) is 6.85. The number of hydrogen-bond donors (Lipinski definition) is 1. The highest BCUT2D eigenvalue weighted by atomic mass is 16.5. The van der Waals surface area contributed by atoms with Gasteiger partial charge in [0.05, 0.1) is 30.9 Å². The number of benzene rings is 2. The number of ether oxygens (including phenoxy) is 1. The Bertz CT molecular complexity index is 1100. The van der Waals surface area contributed by atoms with Crippen LogP contribution in [0.4, 0.5) is 5.82 Å². The van der Waals surface area contributed by atoms with Gasteiger partial charge in [-0.15, -0.1) is 0 Å². The van der Waals surface area contributed by atoms with E-state index in [4.69, 9.17) is 20.0 Å². The molecule has 1 aliphatic carbocycles. The van der Waals surface area contributed by atoms with E-state index in [1.54, 1.807) is 6.07 Å². The van der Waals surface area contributed by atoms with Crippen LogP contribution in [0.1, 0.15) is 39.4 Å². The number of nitrogens with one attached hydrogen (secondary N) is 1. The molecule has 0 saturated heterocycles. The van der Waals surface area contributed by atoms with Crippen LogP contribution in [0.25, 0.3) is 11.1 Å². The summed E-state index contributed by atoms with van der Waals surface area (Å²) < 4.78 is 4.84. The smallest absolute Gasteiger partial charge is 0.337 e. The zero-order valence-corrected chi connectivity index (χ0v) is 16.1. The van der Waals surface area contributed by atoms with Gasteiger partial charge < -0.3 is 10.1 Å². The Kier molecular flexibility index (Phi) is 5.21. The first-order chi connectivity index (χ1) is 14.2. The lowest BCUT2D eigenvalue weighted by Gasteiger charge is -2.12. The quantitative estimate of drug-likeness (QED) is 0.402. The maximum atomic E-state index is 11.9. The summed E-state index contributed by atoms with van der Waals surface area (Å²) in [7, 11) is 1.38. The van der Waals surface area contributed by atoms with Crippen molar-refractivity contribution in [3.63, 3.8) is 0 Å². The fraction of sp³-hybridized carbons (Fsp3) is 0.217. The molecule has 2 aromatic carbocycles. The Morgan fingerprint density at radius 1 is 1.21 bits per heavy atom. The van der Waals surface area contributed by atoms with E-state index in [0.29, 0.717) is 31.4 Å². The van der Waals surface area contributed by atoms with Crippen molar-refractivity contribution >= 4 is 11.8 Å². The molecule has 1 N–H and O–H groups in total. The van der Waals surface area contributed by atoms with Gasteiger partial charge in [0.15, 0.2) is 0 Å². The van der Waals surface area contributed by atoms with Crippen LogP contribution < -0.4 is 5.32 Å². The van der Waals surface area contributed by atoms with Gasteiger partial charge in [0.1, 0.15) is 11.6 Å². The summed E-state index contributed by atoms with van der Waals surface area (Å²) in [5.74, 6) is 1.11. The van der Waals surface area contributed by atoms with E-state index in [1.807, 2.05) is 30.3 Å². The predicted octanol–water partition coefficient (Wildman–Crippen LogP) is 3.75. The summed E-state index contributed by atoms with van der Waals surface area (Å²) >= 11 is 0. The molecule has 0 aliphatic heterocycles. The molecule has 3 aromatic rings. The van der Waals surface area contributed by atoms with E-state index in [1.165, 1.54) is 7.11 Å². The van der Waals surface area contributed by atoms with Gasteiger partial charge >= 0.3 is 5.97 Å². The van der Waals surface area contributed by atoms with Gasteiger partial charge in [-0.1, -0.05) is 36.4 Å². The van der Waals surface area contributed by atoms with Crippen molar-refractivity contribution in [1.29, 1.82) is 5.26 Å². The highest BCUT2D eigenvalue weighted by Gasteiger charge is 2.26. The van der Waals surface area contributed by atoms with Gasteiger partial charge in [0, 0.05) is 24.9 Å². The molecule has 0 atom stereocenters. The molecular weight excluding hydrogens is 364 g/mol. The largest absolute Gasteiger partial charge is 0.465 e. The van der Waals surface area contributed by atoms with Crippen molar-refractivity contribution in [2.75, 3.05) is 19.0 Å². The summed E-state index contributed by atoms with van der Waals surface area (Å²) in [6, 6.07) is 17.8. The first-order valence-corrected chi connectivity index (χ1v) is 9.45. The molecule has 144 valence electrons. The molecule has 0 spiro atoms. The SMILES string of the molecule is COC(=O)c1ccc2c(c1)Cc1nc(Cc3ccccc3)nc(NCCC#N)c1-2. The average Bonchev–Trinajstić information content (AvgIpc) is 3.11. The number of fused-ring (bicyclic) bond motifs is 3. The molecule has 0 bridgehead atoms. The van der Waals surface area contributed by atoms with Crippen LogP contribution in [-0.2, 0) is 17.6 Å². The summed E-state index contributed by atoms with van der Waals surface area (Å²) in [4.78, 5) is 21.5. The van der Waals surface area contributed by atoms with Crippen LogP contribution in [0.2, 0.25) is 0 Å². The zero-order valence-electron chi connectivity index (χ0n) is 16.1. The number of carbonyl (C=O) groups excluding carboxylic acids is 1. The standard InChI is InChI=1S/C23H20N4O2/c1-29-23(28)16-8-9-18-17(13-16)14-19-21(18)22(25-11-5-10-24)27-20(26-19)12-15-6-3-2-4-7-15/h2-4,6-9,13H,5,11-12,14H2,1H3,(H,25,26,27). The van der Waals surface area contributed by atoms with Crippen molar-refractivity contribution in [2.24, 2.45) is 0 Å². The number of anilines is 1. The minimum absolute atomic E-state index is 0.355. The van der Waals surface area contributed by atoms with Crippen LogP contribution >= 0.6 is 0 Å². The number of rotatable bonds is 6. The minimum atomic E-state index is -0.355. The first-order valence-electron chi connectivity index (χ1n) is 9.45. The molecule has 1 aromatic heterocycles. The van der Waals surface area contributed by atoms with Crippen LogP contribution in [0.15, 0.2) is 48.5 Å². The molecule has 6 nitrogen and oxygen atoms in total. The normalized spacial score (nSPS) is 11.3. The molecule has 0 radical (unpaired) electrons. The molecular formula is C23H20N4O2. The topological polar surface area (TPSA) is 87.9 Å². The van der Waals surface area contributed by atoms with Crippen LogP contribution in [0.3, 0.4) is 0 Å². The van der Waals surface area contributed by atoms with Gasteiger partial charge in [-0.3, -0.25) is 0 Å². The molecule has 6 heteroatoms. The molecule has 0 fully saturated rings. The lowest BCUT2D eigenvalue weighted by Crippen LogP contribution is -2.09. The molecule has 1 heterocycles. The van der Waals surface area contributed by atoms with Crippen molar-refractivity contribution < 1.29 is 9.53 Å². The number of aromatic nitrogens is 2. The molecule has 0 amide bonds. The summed E-state index contributed by atoms with van der Waals surface area (Å²) in [5.41, 5.74) is 5.58. The lowest BCUT2D eigenvalue weighted by atomic mass is 10.0. The molecule has 0 unspecified atom stereocenters. The third-order valence-corrected chi connectivity index (χ3v) is 4.92. The van der Waals surface area contributed by atoms with Gasteiger partial charge in [-0.2, -0.15) is 5.26 Å². The number of hydrogen-bond acceptors (Lipinski definition) is 6. The lowest BCUT2D eigenvalue weighted by molar-refractivity contribution is 0.0600. The first kappa shape index (κ1) is 18.6. The van der Waals surface area contributed by atoms with E-state index in [9.17, 15) is 4.79 Å². The molecule has 0 saturated carbocycles. The molecule has 29 heavy (non-hydrogen) atoms. The van der Waals surface area contributed by atoms with Gasteiger partial charge in [-0.25, -0.2) is 14.8 Å². The average molecular weight is 384 g/mol. The second kappa shape index (κ2) is 8.11. The number of nitriles is 1. The van der Waals surface area contributed by atoms with Gasteiger partial charge in [0.25, 0.3) is 0 Å². The summed E-state index contributed by atoms with van der Waals surface area (Å²) in [5, 5.41) is 12.2. The highest BCUT2D eigenvalue weighted by Crippen LogP contribution is 2.40. The second-order valence-electron chi connectivity index (χ2n) is 6.85. The zero-order chi connectivity index (χ0) is 20.2. The Labute approximate surface area is 169 Å². The van der Waals surface area contributed by atoms with Crippen LogP contribution in [0.5, 0.6) is 0 Å². The van der Waals surface area contributed by atoms with Crippen molar-refractivity contribution in [3.8, 4) is 17.2 Å². The van der Waals surface area contributed by atoms with Gasteiger partial charge in [-0.05, 0) is 28.8 Å². The van der Waals surface area contributed by atoms with E-state index in [0.717, 1.165) is 39.6 Å². The summed E-state index contributed by atoms with van der Waals surface area (Å²) in [6.07, 6.45) is 1.65. The van der Waals surface area contributed by atoms with Crippen molar-refractivity contribution in [3.05, 3.63) is 76.7 Å². The number of nitrogens with zero attached hydrogens (tertiary/aromatic N) is 3. The predicted molar refractivity (Wildman–Crippen MR) is 110 cm³/mol. The van der Waals surface area contributed by atoms with Crippen molar-refractivity contribution in [1.82, 2.24) is 9.97 Å². The third-order valence-electron chi connectivity index (χ3n) is 4.92. The van der Waals surface area contributed by atoms with E-state index < -0.39 is 0 Å². The van der Waals surface area contributed by atoms with Gasteiger partial charge in [0.2, 0.25) is 0 Å². The maximum absolute atomic E-state index is 11.9. The Morgan fingerprint density at radius 2 is 2.03 bits per heavy atom. The fourth-order valence-electron chi connectivity index (χ4n) is 3.60. The number of esters is 1. The molecule has 4 rings (SSSR count). The fourth-order valence-corrected chi connectivity index (χ4v) is 3.60. The molecule has 1 aliphatic rings. The Hall–Kier alpha value is -3.72. The third kappa shape index (κ3) is 3.81. The van der Waals surface area contributed by atoms with E-state index in [2.05, 4.69) is 23.5 Å². The van der Waals surface area contributed by atoms with E-state index in [-0.39, 0.29) is 5.97 Å². The number of methoxy groups -OCH3 is 1. The Balaban J connectivity index is 1.73. The summed E-state index contributed by atoms with van der Waals surface area (Å²) in [6.45, 7) is 0.514. The minimum Gasteiger partial charge on any atom is -0.465 e. The number of carbonyl (C=O) groups is 1.